The summed E-state index contributed by atoms with van der Waals surface area (Å²) >= 11 is 0. The minimum Gasteiger partial charge on any atom is -0.497 e. The molecule has 5 nitrogen and oxygen atoms in total. The van der Waals surface area contributed by atoms with E-state index in [1.165, 1.54) is 10.6 Å². The van der Waals surface area contributed by atoms with Crippen LogP contribution in [-0.2, 0) is 0 Å². The lowest BCUT2D eigenvalue weighted by Gasteiger charge is -2.08. The average Bonchev–Trinajstić information content (AvgIpc) is 2.34. The van der Waals surface area contributed by atoms with Crippen molar-refractivity contribution in [1.29, 1.82) is 0 Å². The van der Waals surface area contributed by atoms with Gasteiger partial charge >= 0.3 is 0 Å². The highest BCUT2D eigenvalue weighted by Crippen LogP contribution is 2.15. The van der Waals surface area contributed by atoms with Crippen molar-refractivity contribution in [3.63, 3.8) is 0 Å². The lowest BCUT2D eigenvalue weighted by molar-refractivity contribution is 0.414. The van der Waals surface area contributed by atoms with Crippen molar-refractivity contribution < 1.29 is 4.74 Å². The molecule has 0 atom stereocenters. The first kappa shape index (κ1) is 11.1. The van der Waals surface area contributed by atoms with Gasteiger partial charge in [0.25, 0.3) is 5.56 Å². The van der Waals surface area contributed by atoms with Gasteiger partial charge in [-0.25, -0.2) is 0 Å². The number of rotatable bonds is 2. The highest BCUT2D eigenvalue weighted by atomic mass is 16.5. The number of nitrogens with zero attached hydrogens (tertiary/aromatic N) is 1. The first-order chi connectivity index (χ1) is 8.11. The second-order valence-corrected chi connectivity index (χ2v) is 3.60. The zero-order valence-corrected chi connectivity index (χ0v) is 9.38. The second-order valence-electron chi connectivity index (χ2n) is 3.60. The van der Waals surface area contributed by atoms with Gasteiger partial charge in [-0.2, -0.15) is 0 Å². The molecule has 0 amide bonds. The van der Waals surface area contributed by atoms with E-state index in [2.05, 4.69) is 0 Å². The van der Waals surface area contributed by atoms with Crippen LogP contribution in [-0.4, -0.2) is 11.7 Å². The Labute approximate surface area is 98.2 Å². The molecule has 0 saturated heterocycles. The quantitative estimate of drug-likeness (QED) is 0.808. The molecule has 0 fully saturated rings. The van der Waals surface area contributed by atoms with Crippen molar-refractivity contribution in [3.05, 3.63) is 46.9 Å². The highest BCUT2D eigenvalue weighted by Gasteiger charge is 2.04. The summed E-state index contributed by atoms with van der Waals surface area (Å²) in [6.45, 7) is 0. The monoisotopic (exact) mass is 231 g/mol. The van der Waals surface area contributed by atoms with Crippen LogP contribution in [0.15, 0.2) is 41.3 Å². The van der Waals surface area contributed by atoms with E-state index in [-0.39, 0.29) is 11.2 Å². The molecule has 4 N–H and O–H groups in total. The van der Waals surface area contributed by atoms with Crippen LogP contribution in [0.1, 0.15) is 0 Å². The fraction of sp³-hybridized carbons (Fsp3) is 0.0833. The van der Waals surface area contributed by atoms with Gasteiger partial charge in [-0.1, -0.05) is 0 Å². The lowest BCUT2D eigenvalue weighted by atomic mass is 10.2. The van der Waals surface area contributed by atoms with E-state index in [0.717, 1.165) is 5.75 Å². The molecule has 0 unspecified atom stereocenters. The molecule has 0 aliphatic carbocycles. The Balaban J connectivity index is 2.56. The van der Waals surface area contributed by atoms with Crippen LogP contribution in [0.4, 0.5) is 11.4 Å². The molecule has 0 radical (unpaired) electrons. The number of hydrogen-bond donors (Lipinski definition) is 2. The molecule has 2 aromatic rings. The summed E-state index contributed by atoms with van der Waals surface area (Å²) in [7, 11) is 1.58. The lowest BCUT2D eigenvalue weighted by Crippen LogP contribution is -2.21. The molecule has 0 saturated carbocycles. The fourth-order valence-corrected chi connectivity index (χ4v) is 1.56. The Morgan fingerprint density at radius 3 is 2.41 bits per heavy atom. The molecule has 1 aromatic heterocycles. The maximum atomic E-state index is 11.8. The number of nitrogen functional groups attached to an aromatic ring is 2. The highest BCUT2D eigenvalue weighted by molar-refractivity contribution is 5.51. The summed E-state index contributed by atoms with van der Waals surface area (Å²) in [6.07, 6.45) is 1.54. The van der Waals surface area contributed by atoms with E-state index >= 15 is 0 Å². The number of pyridine rings is 1. The molecule has 5 heteroatoms. The van der Waals surface area contributed by atoms with Crippen molar-refractivity contribution in [1.82, 2.24) is 4.57 Å². The van der Waals surface area contributed by atoms with Gasteiger partial charge in [0.1, 0.15) is 11.4 Å². The molecule has 1 aromatic carbocycles. The van der Waals surface area contributed by atoms with Gasteiger partial charge in [-0.15, -0.1) is 0 Å². The van der Waals surface area contributed by atoms with E-state index in [1.807, 2.05) is 0 Å². The summed E-state index contributed by atoms with van der Waals surface area (Å²) in [5, 5.41) is 0. The minimum atomic E-state index is -0.288. The smallest absolute Gasteiger partial charge is 0.278 e. The molecule has 2 rings (SSSR count). The van der Waals surface area contributed by atoms with Crippen molar-refractivity contribution in [2.24, 2.45) is 0 Å². The zero-order chi connectivity index (χ0) is 12.4. The van der Waals surface area contributed by atoms with Crippen molar-refractivity contribution in [3.8, 4) is 11.4 Å². The Bertz CT molecular complexity index is 588. The summed E-state index contributed by atoms with van der Waals surface area (Å²) in [6, 6.07) is 8.50. The molecule has 1 heterocycles. The number of hydrogen-bond acceptors (Lipinski definition) is 4. The van der Waals surface area contributed by atoms with E-state index in [9.17, 15) is 4.79 Å². The number of benzene rings is 1. The third kappa shape index (κ3) is 2.08. The van der Waals surface area contributed by atoms with Gasteiger partial charge < -0.3 is 16.2 Å². The van der Waals surface area contributed by atoms with Crippen molar-refractivity contribution in [2.75, 3.05) is 18.6 Å². The van der Waals surface area contributed by atoms with Crippen LogP contribution in [0, 0.1) is 0 Å². The Hall–Kier alpha value is -2.43. The molecular formula is C12H13N3O2. The first-order valence-electron chi connectivity index (χ1n) is 5.04. The zero-order valence-electron chi connectivity index (χ0n) is 9.38. The molecule has 88 valence electrons. The SMILES string of the molecule is COc1ccc(-n2cc(N)cc(N)c2=O)cc1. The van der Waals surface area contributed by atoms with Gasteiger partial charge in [0.05, 0.1) is 12.8 Å². The molecule has 0 spiro atoms. The maximum Gasteiger partial charge on any atom is 0.278 e. The summed E-state index contributed by atoms with van der Waals surface area (Å²) < 4.78 is 6.45. The summed E-state index contributed by atoms with van der Waals surface area (Å²) in [4.78, 5) is 11.8. The van der Waals surface area contributed by atoms with Gasteiger partial charge in [-0.3, -0.25) is 9.36 Å². The predicted octanol–water partition coefficient (Wildman–Crippen LogP) is 1.01. The van der Waals surface area contributed by atoms with Gasteiger partial charge in [0, 0.05) is 11.9 Å². The molecule has 0 bridgehead atoms. The Morgan fingerprint density at radius 2 is 1.82 bits per heavy atom. The van der Waals surface area contributed by atoms with Gasteiger partial charge in [0.15, 0.2) is 0 Å². The van der Waals surface area contributed by atoms with E-state index in [4.69, 9.17) is 16.2 Å². The van der Waals surface area contributed by atoms with Crippen LogP contribution < -0.4 is 21.8 Å². The van der Waals surface area contributed by atoms with Crippen molar-refractivity contribution in [2.45, 2.75) is 0 Å². The number of methoxy groups -OCH3 is 1. The predicted molar refractivity (Wildman–Crippen MR) is 67.4 cm³/mol. The summed E-state index contributed by atoms with van der Waals surface area (Å²) in [5.41, 5.74) is 12.2. The van der Waals surface area contributed by atoms with Crippen LogP contribution in [0.5, 0.6) is 5.75 Å². The normalized spacial score (nSPS) is 10.2. The standard InChI is InChI=1S/C12H13N3O2/c1-17-10-4-2-9(3-5-10)15-7-8(13)6-11(14)12(15)16/h2-7H,13-14H2,1H3. The summed E-state index contributed by atoms with van der Waals surface area (Å²) in [5.74, 6) is 0.721. The number of ether oxygens (including phenoxy) is 1. The minimum absolute atomic E-state index is 0.126. The van der Waals surface area contributed by atoms with Gasteiger partial charge in [-0.05, 0) is 30.3 Å². The first-order valence-corrected chi connectivity index (χ1v) is 5.04. The van der Waals surface area contributed by atoms with Crippen LogP contribution in [0.3, 0.4) is 0 Å². The number of nitrogens with two attached hydrogens (primary N) is 2. The maximum absolute atomic E-state index is 11.8. The fourth-order valence-electron chi connectivity index (χ4n) is 1.56. The van der Waals surface area contributed by atoms with E-state index in [1.54, 1.807) is 37.6 Å². The molecule has 17 heavy (non-hydrogen) atoms. The largest absolute Gasteiger partial charge is 0.497 e. The second kappa shape index (κ2) is 4.21. The third-order valence-electron chi connectivity index (χ3n) is 2.42. The molecule has 0 aliphatic rings. The van der Waals surface area contributed by atoms with Crippen LogP contribution in [0.2, 0.25) is 0 Å². The number of aromatic nitrogens is 1. The van der Waals surface area contributed by atoms with Crippen molar-refractivity contribution >= 4 is 11.4 Å². The molecular weight excluding hydrogens is 218 g/mol. The average molecular weight is 231 g/mol. The topological polar surface area (TPSA) is 83.3 Å². The van der Waals surface area contributed by atoms with Gasteiger partial charge in [0.2, 0.25) is 0 Å². The Morgan fingerprint density at radius 1 is 1.18 bits per heavy atom. The third-order valence-corrected chi connectivity index (χ3v) is 2.42. The van der Waals surface area contributed by atoms with Crippen LogP contribution >= 0.6 is 0 Å². The van der Waals surface area contributed by atoms with E-state index < -0.39 is 0 Å². The van der Waals surface area contributed by atoms with E-state index in [0.29, 0.717) is 11.4 Å². The number of anilines is 2. The molecule has 0 aliphatic heterocycles. The Kier molecular flexibility index (Phi) is 2.74. The van der Waals surface area contributed by atoms with Crippen LogP contribution in [0.25, 0.3) is 5.69 Å².